The van der Waals surface area contributed by atoms with E-state index in [0.29, 0.717) is 23.2 Å². The maximum Gasteiger partial charge on any atom is 0.174 e. The number of nitrogens with one attached hydrogen (secondary N) is 1. The standard InChI is InChI=1S/C22H20Cl2N2S/c1-16-7-12-20(24)21(13-16)25-22(27)26(14-17-5-3-2-4-6-17)15-18-8-10-19(23)11-9-18/h2-13H,14-15H2,1H3,(H,25,27). The van der Waals surface area contributed by atoms with Gasteiger partial charge in [-0.3, -0.25) is 0 Å². The summed E-state index contributed by atoms with van der Waals surface area (Å²) in [5, 5.41) is 5.30. The van der Waals surface area contributed by atoms with E-state index in [1.165, 1.54) is 5.56 Å². The number of benzene rings is 3. The van der Waals surface area contributed by atoms with Crippen LogP contribution in [0, 0.1) is 6.92 Å². The maximum absolute atomic E-state index is 6.33. The van der Waals surface area contributed by atoms with Crippen LogP contribution in [0.5, 0.6) is 0 Å². The van der Waals surface area contributed by atoms with Crippen molar-refractivity contribution >= 4 is 46.2 Å². The fraction of sp³-hybridized carbons (Fsp3) is 0.136. The third-order valence-electron chi connectivity index (χ3n) is 4.15. The monoisotopic (exact) mass is 414 g/mol. The number of nitrogens with zero attached hydrogens (tertiary/aromatic N) is 1. The van der Waals surface area contributed by atoms with Gasteiger partial charge in [-0.1, -0.05) is 71.7 Å². The molecule has 0 aliphatic rings. The Balaban J connectivity index is 1.82. The van der Waals surface area contributed by atoms with Gasteiger partial charge in [-0.15, -0.1) is 0 Å². The summed E-state index contributed by atoms with van der Waals surface area (Å²) in [7, 11) is 0. The number of hydrogen-bond acceptors (Lipinski definition) is 1. The molecule has 3 rings (SSSR count). The van der Waals surface area contributed by atoms with Gasteiger partial charge in [-0.2, -0.15) is 0 Å². The van der Waals surface area contributed by atoms with Crippen LogP contribution in [0.2, 0.25) is 10.0 Å². The summed E-state index contributed by atoms with van der Waals surface area (Å²) in [6.45, 7) is 3.39. The van der Waals surface area contributed by atoms with Crippen LogP contribution in [0.4, 0.5) is 5.69 Å². The number of aryl methyl sites for hydroxylation is 1. The van der Waals surface area contributed by atoms with Crippen molar-refractivity contribution in [2.24, 2.45) is 0 Å². The fourth-order valence-corrected chi connectivity index (χ4v) is 3.27. The predicted molar refractivity (Wildman–Crippen MR) is 120 cm³/mol. The molecule has 0 spiro atoms. The van der Waals surface area contributed by atoms with E-state index in [9.17, 15) is 0 Å². The summed E-state index contributed by atoms with van der Waals surface area (Å²) >= 11 is 18.1. The molecule has 0 atom stereocenters. The van der Waals surface area contributed by atoms with Gasteiger partial charge in [-0.05, 0) is 60.1 Å². The lowest BCUT2D eigenvalue weighted by Gasteiger charge is -2.26. The largest absolute Gasteiger partial charge is 0.340 e. The van der Waals surface area contributed by atoms with E-state index >= 15 is 0 Å². The van der Waals surface area contributed by atoms with Gasteiger partial charge in [0, 0.05) is 18.1 Å². The smallest absolute Gasteiger partial charge is 0.174 e. The summed E-state index contributed by atoms with van der Waals surface area (Å²) in [6, 6.07) is 23.9. The molecule has 3 aromatic carbocycles. The summed E-state index contributed by atoms with van der Waals surface area (Å²) in [4.78, 5) is 2.12. The Morgan fingerprint density at radius 1 is 0.889 bits per heavy atom. The molecule has 138 valence electrons. The van der Waals surface area contributed by atoms with Gasteiger partial charge in [-0.25, -0.2) is 0 Å². The Morgan fingerprint density at radius 3 is 2.19 bits per heavy atom. The van der Waals surface area contributed by atoms with Crippen LogP contribution in [0.15, 0.2) is 72.8 Å². The number of halogens is 2. The van der Waals surface area contributed by atoms with Crippen molar-refractivity contribution in [3.8, 4) is 0 Å². The molecule has 0 unspecified atom stereocenters. The molecule has 0 saturated carbocycles. The highest BCUT2D eigenvalue weighted by Gasteiger charge is 2.13. The molecule has 0 aliphatic heterocycles. The lowest BCUT2D eigenvalue weighted by atomic mass is 10.1. The van der Waals surface area contributed by atoms with Gasteiger partial charge < -0.3 is 10.2 Å². The second-order valence-corrected chi connectivity index (χ2v) is 7.61. The molecule has 5 heteroatoms. The van der Waals surface area contributed by atoms with Crippen molar-refractivity contribution in [1.29, 1.82) is 0 Å². The van der Waals surface area contributed by atoms with E-state index in [-0.39, 0.29) is 0 Å². The van der Waals surface area contributed by atoms with Crippen molar-refractivity contribution in [3.05, 3.63) is 99.5 Å². The highest BCUT2D eigenvalue weighted by Crippen LogP contribution is 2.24. The van der Waals surface area contributed by atoms with E-state index in [1.807, 2.05) is 67.6 Å². The molecule has 0 saturated heterocycles. The molecule has 27 heavy (non-hydrogen) atoms. The highest BCUT2D eigenvalue weighted by atomic mass is 35.5. The van der Waals surface area contributed by atoms with Crippen LogP contribution in [0.1, 0.15) is 16.7 Å². The lowest BCUT2D eigenvalue weighted by Crippen LogP contribution is -2.34. The Kier molecular flexibility index (Phi) is 6.73. The average Bonchev–Trinajstić information content (AvgIpc) is 2.66. The zero-order valence-electron chi connectivity index (χ0n) is 15.0. The quantitative estimate of drug-likeness (QED) is 0.467. The Labute approximate surface area is 175 Å². The zero-order chi connectivity index (χ0) is 19.2. The first-order chi connectivity index (χ1) is 13.0. The van der Waals surface area contributed by atoms with Gasteiger partial charge in [0.15, 0.2) is 5.11 Å². The molecule has 0 aliphatic carbocycles. The second-order valence-electron chi connectivity index (χ2n) is 6.38. The van der Waals surface area contributed by atoms with Crippen LogP contribution >= 0.6 is 35.4 Å². The van der Waals surface area contributed by atoms with Crippen LogP contribution in [-0.2, 0) is 13.1 Å². The van der Waals surface area contributed by atoms with E-state index in [1.54, 1.807) is 0 Å². The topological polar surface area (TPSA) is 15.3 Å². The maximum atomic E-state index is 6.33. The highest BCUT2D eigenvalue weighted by molar-refractivity contribution is 7.80. The van der Waals surface area contributed by atoms with Crippen LogP contribution < -0.4 is 5.32 Å². The van der Waals surface area contributed by atoms with E-state index in [4.69, 9.17) is 35.4 Å². The van der Waals surface area contributed by atoms with Crippen LogP contribution in [0.3, 0.4) is 0 Å². The molecule has 0 fully saturated rings. The van der Waals surface area contributed by atoms with E-state index < -0.39 is 0 Å². The molecular weight excluding hydrogens is 395 g/mol. The minimum Gasteiger partial charge on any atom is -0.340 e. The van der Waals surface area contributed by atoms with Gasteiger partial charge in [0.05, 0.1) is 10.7 Å². The van der Waals surface area contributed by atoms with Crippen molar-refractivity contribution in [1.82, 2.24) is 4.90 Å². The first kappa shape index (κ1) is 19.7. The van der Waals surface area contributed by atoms with E-state index in [2.05, 4.69) is 22.3 Å². The minimum atomic E-state index is 0.626. The first-order valence-corrected chi connectivity index (χ1v) is 9.78. The lowest BCUT2D eigenvalue weighted by molar-refractivity contribution is 0.413. The number of hydrogen-bond donors (Lipinski definition) is 1. The summed E-state index contributed by atoms with van der Waals surface area (Å²) < 4.78 is 0. The summed E-state index contributed by atoms with van der Waals surface area (Å²) in [5.74, 6) is 0. The summed E-state index contributed by atoms with van der Waals surface area (Å²) in [5.41, 5.74) is 4.26. The average molecular weight is 415 g/mol. The molecular formula is C22H20Cl2N2S. The summed E-state index contributed by atoms with van der Waals surface area (Å²) in [6.07, 6.45) is 0. The van der Waals surface area contributed by atoms with E-state index in [0.717, 1.165) is 21.8 Å². The number of thiocarbonyl (C=S) groups is 1. The van der Waals surface area contributed by atoms with Crippen LogP contribution in [0.25, 0.3) is 0 Å². The third-order valence-corrected chi connectivity index (χ3v) is 5.10. The molecule has 0 aromatic heterocycles. The minimum absolute atomic E-state index is 0.626. The van der Waals surface area contributed by atoms with Crippen molar-refractivity contribution in [2.75, 3.05) is 5.32 Å². The van der Waals surface area contributed by atoms with Gasteiger partial charge in [0.1, 0.15) is 0 Å². The van der Waals surface area contributed by atoms with Crippen LogP contribution in [-0.4, -0.2) is 10.0 Å². The van der Waals surface area contributed by atoms with Gasteiger partial charge >= 0.3 is 0 Å². The Bertz CT molecular complexity index is 911. The van der Waals surface area contributed by atoms with Crippen molar-refractivity contribution in [3.63, 3.8) is 0 Å². The normalized spacial score (nSPS) is 10.5. The number of rotatable bonds is 5. The molecule has 0 amide bonds. The SMILES string of the molecule is Cc1ccc(Cl)c(NC(=S)N(Cc2ccccc2)Cc2ccc(Cl)cc2)c1. The zero-order valence-corrected chi connectivity index (χ0v) is 17.3. The molecule has 2 nitrogen and oxygen atoms in total. The third kappa shape index (κ3) is 5.70. The number of anilines is 1. The Hall–Kier alpha value is -2.07. The van der Waals surface area contributed by atoms with Crippen molar-refractivity contribution in [2.45, 2.75) is 20.0 Å². The molecule has 0 radical (unpaired) electrons. The predicted octanol–water partition coefficient (Wildman–Crippen LogP) is 6.70. The van der Waals surface area contributed by atoms with Crippen molar-refractivity contribution < 1.29 is 0 Å². The molecule has 0 heterocycles. The second kappa shape index (κ2) is 9.23. The fourth-order valence-electron chi connectivity index (χ4n) is 2.74. The van der Waals surface area contributed by atoms with Gasteiger partial charge in [0.25, 0.3) is 0 Å². The molecule has 1 N–H and O–H groups in total. The molecule has 0 bridgehead atoms. The first-order valence-electron chi connectivity index (χ1n) is 8.62. The van der Waals surface area contributed by atoms with Gasteiger partial charge in [0.2, 0.25) is 0 Å². The molecule has 3 aromatic rings. The Morgan fingerprint density at radius 2 is 1.52 bits per heavy atom.